The molecule has 33 heavy (non-hydrogen) atoms. The lowest BCUT2D eigenvalue weighted by Gasteiger charge is -2.27. The van der Waals surface area contributed by atoms with E-state index in [1.54, 1.807) is 31.0 Å². The largest absolute Gasteiger partial charge is 0.507 e. The number of hydroxylamine groups is 1. The molecule has 0 saturated heterocycles. The minimum Gasteiger partial charge on any atom is -0.507 e. The third-order valence-corrected chi connectivity index (χ3v) is 5.76. The molecule has 8 nitrogen and oxygen atoms in total. The number of amides is 1. The molecule has 0 unspecified atom stereocenters. The van der Waals surface area contributed by atoms with E-state index in [2.05, 4.69) is 4.98 Å². The van der Waals surface area contributed by atoms with Crippen LogP contribution in [0.4, 0.5) is 11.4 Å². The Kier molecular flexibility index (Phi) is 6.95. The second-order valence-corrected chi connectivity index (χ2v) is 7.95. The van der Waals surface area contributed by atoms with Gasteiger partial charge in [0.1, 0.15) is 5.75 Å². The quantitative estimate of drug-likeness (QED) is 0.342. The minimum atomic E-state index is -0.796. The predicted molar refractivity (Wildman–Crippen MR) is 123 cm³/mol. The van der Waals surface area contributed by atoms with Crippen LogP contribution in [0.5, 0.6) is 17.2 Å². The van der Waals surface area contributed by atoms with Gasteiger partial charge in [0.25, 0.3) is 5.91 Å². The summed E-state index contributed by atoms with van der Waals surface area (Å²) in [7, 11) is 1.61. The Morgan fingerprint density at radius 2 is 1.88 bits per heavy atom. The number of carbonyl (C=O) groups excluding carboxylic acids is 1. The molecule has 2 aromatic carbocycles. The molecule has 0 aliphatic heterocycles. The van der Waals surface area contributed by atoms with Crippen molar-refractivity contribution in [2.45, 2.75) is 38.3 Å². The highest BCUT2D eigenvalue weighted by molar-refractivity contribution is 5.97. The van der Waals surface area contributed by atoms with Gasteiger partial charge in [-0.25, -0.2) is 5.48 Å². The van der Waals surface area contributed by atoms with Crippen molar-refractivity contribution in [1.82, 2.24) is 10.5 Å². The number of ether oxygens (including phenoxy) is 2. The average molecular weight is 450 g/mol. The van der Waals surface area contributed by atoms with Crippen molar-refractivity contribution >= 4 is 17.3 Å². The van der Waals surface area contributed by atoms with Gasteiger partial charge in [-0.1, -0.05) is 6.07 Å². The van der Waals surface area contributed by atoms with Gasteiger partial charge >= 0.3 is 0 Å². The van der Waals surface area contributed by atoms with Crippen molar-refractivity contribution in [3.63, 3.8) is 0 Å². The van der Waals surface area contributed by atoms with E-state index >= 15 is 0 Å². The molecule has 172 valence electrons. The van der Waals surface area contributed by atoms with Crippen LogP contribution in [-0.2, 0) is 6.54 Å². The minimum absolute atomic E-state index is 0.0397. The van der Waals surface area contributed by atoms with E-state index < -0.39 is 5.91 Å². The molecule has 0 spiro atoms. The van der Waals surface area contributed by atoms with Crippen LogP contribution in [0.15, 0.2) is 60.9 Å². The summed E-state index contributed by atoms with van der Waals surface area (Å²) >= 11 is 0. The van der Waals surface area contributed by atoms with Crippen molar-refractivity contribution in [2.75, 3.05) is 12.0 Å². The summed E-state index contributed by atoms with van der Waals surface area (Å²) in [6.07, 6.45) is 7.99. The molecule has 4 rings (SSSR count). The summed E-state index contributed by atoms with van der Waals surface area (Å²) < 4.78 is 11.8. The van der Waals surface area contributed by atoms with E-state index in [0.717, 1.165) is 36.9 Å². The fourth-order valence-electron chi connectivity index (χ4n) is 4.05. The maximum absolute atomic E-state index is 12.0. The SMILES string of the molecule is COc1ccc(N(Cc2cccnc2)c2ccc(O)c(C(=O)NO)c2)cc1OC1CCCC1. The highest BCUT2D eigenvalue weighted by atomic mass is 16.5. The van der Waals surface area contributed by atoms with Crippen LogP contribution in [0.3, 0.4) is 0 Å². The van der Waals surface area contributed by atoms with Gasteiger partial charge in [-0.15, -0.1) is 0 Å². The van der Waals surface area contributed by atoms with Crippen LogP contribution in [0.2, 0.25) is 0 Å². The normalized spacial score (nSPS) is 13.5. The molecule has 1 saturated carbocycles. The Morgan fingerprint density at radius 3 is 2.58 bits per heavy atom. The van der Waals surface area contributed by atoms with Gasteiger partial charge in [0.05, 0.1) is 18.8 Å². The number of aromatic hydroxyl groups is 1. The first kappa shape index (κ1) is 22.4. The molecular weight excluding hydrogens is 422 g/mol. The number of pyridine rings is 1. The molecule has 0 bridgehead atoms. The van der Waals surface area contributed by atoms with Gasteiger partial charge in [-0.05, 0) is 67.6 Å². The van der Waals surface area contributed by atoms with Crippen molar-refractivity contribution < 1.29 is 24.6 Å². The summed E-state index contributed by atoms with van der Waals surface area (Å²) in [5, 5.41) is 19.2. The third-order valence-electron chi connectivity index (χ3n) is 5.76. The highest BCUT2D eigenvalue weighted by Crippen LogP contribution is 2.38. The van der Waals surface area contributed by atoms with Crippen molar-refractivity contribution in [1.29, 1.82) is 0 Å². The fraction of sp³-hybridized carbons (Fsp3) is 0.280. The summed E-state index contributed by atoms with van der Waals surface area (Å²) in [4.78, 5) is 18.2. The number of nitrogens with one attached hydrogen (secondary N) is 1. The van der Waals surface area contributed by atoms with Gasteiger partial charge < -0.3 is 19.5 Å². The summed E-state index contributed by atoms with van der Waals surface area (Å²) in [6, 6.07) is 14.2. The Bertz CT molecular complexity index is 1100. The number of hydrogen-bond donors (Lipinski definition) is 3. The molecule has 1 aliphatic carbocycles. The first-order valence-electron chi connectivity index (χ1n) is 10.9. The van der Waals surface area contributed by atoms with E-state index in [1.807, 2.05) is 35.2 Å². The summed E-state index contributed by atoms with van der Waals surface area (Å²) in [5.41, 5.74) is 3.95. The second kappa shape index (κ2) is 10.2. The van der Waals surface area contributed by atoms with Crippen molar-refractivity contribution in [2.24, 2.45) is 0 Å². The molecule has 1 fully saturated rings. The third kappa shape index (κ3) is 5.18. The van der Waals surface area contributed by atoms with Crippen molar-refractivity contribution in [3.8, 4) is 17.2 Å². The zero-order chi connectivity index (χ0) is 23.2. The van der Waals surface area contributed by atoms with E-state index in [-0.39, 0.29) is 17.4 Å². The zero-order valence-electron chi connectivity index (χ0n) is 18.4. The van der Waals surface area contributed by atoms with Crippen molar-refractivity contribution in [3.05, 3.63) is 72.1 Å². The zero-order valence-corrected chi connectivity index (χ0v) is 18.4. The molecule has 0 atom stereocenters. The lowest BCUT2D eigenvalue weighted by molar-refractivity contribution is 0.0703. The number of rotatable bonds is 8. The van der Waals surface area contributed by atoms with Gasteiger partial charge in [-0.3, -0.25) is 15.0 Å². The van der Waals surface area contributed by atoms with Gasteiger partial charge in [0.15, 0.2) is 11.5 Å². The molecular formula is C25H27N3O5. The number of hydrogen-bond acceptors (Lipinski definition) is 7. The lowest BCUT2D eigenvalue weighted by Crippen LogP contribution is -2.21. The Labute approximate surface area is 192 Å². The molecule has 3 N–H and O–H groups in total. The Morgan fingerprint density at radius 1 is 1.12 bits per heavy atom. The first-order valence-corrected chi connectivity index (χ1v) is 10.9. The first-order chi connectivity index (χ1) is 16.1. The van der Waals surface area contributed by atoms with Crippen LogP contribution in [0, 0.1) is 0 Å². The maximum Gasteiger partial charge on any atom is 0.278 e. The van der Waals surface area contributed by atoms with Crippen LogP contribution in [0.1, 0.15) is 41.6 Å². The molecule has 3 aromatic rings. The number of phenolic OH excluding ortho intramolecular Hbond substituents is 1. The van der Waals surface area contributed by atoms with E-state index in [4.69, 9.17) is 14.7 Å². The number of anilines is 2. The smallest absolute Gasteiger partial charge is 0.278 e. The molecule has 1 aliphatic rings. The number of methoxy groups -OCH3 is 1. The topological polar surface area (TPSA) is 104 Å². The van der Waals surface area contributed by atoms with Gasteiger partial charge in [0, 0.05) is 36.4 Å². The number of carbonyl (C=O) groups is 1. The number of benzene rings is 2. The highest BCUT2D eigenvalue weighted by Gasteiger charge is 2.21. The second-order valence-electron chi connectivity index (χ2n) is 7.95. The number of nitrogens with zero attached hydrogens (tertiary/aromatic N) is 2. The number of phenols is 1. The van der Waals surface area contributed by atoms with E-state index in [9.17, 15) is 9.90 Å². The molecule has 0 radical (unpaired) electrons. The van der Waals surface area contributed by atoms with Crippen LogP contribution in [-0.4, -0.2) is 34.4 Å². The van der Waals surface area contributed by atoms with E-state index in [1.165, 1.54) is 12.1 Å². The summed E-state index contributed by atoms with van der Waals surface area (Å²) in [6.45, 7) is 0.452. The monoisotopic (exact) mass is 449 g/mol. The Hall–Kier alpha value is -3.78. The standard InChI is InChI=1S/C25H27N3O5/c1-32-23-11-9-19(14-24(23)33-20-6-2-3-7-20)28(16-17-5-4-12-26-15-17)18-8-10-22(29)21(13-18)25(30)27-31/h4-5,8-15,20,29,31H,2-3,6-7,16H2,1H3,(H,27,30). The maximum atomic E-state index is 12.0. The fourth-order valence-corrected chi connectivity index (χ4v) is 4.05. The van der Waals surface area contributed by atoms with Crippen LogP contribution in [0.25, 0.3) is 0 Å². The van der Waals surface area contributed by atoms with Gasteiger partial charge in [-0.2, -0.15) is 0 Å². The lowest BCUT2D eigenvalue weighted by atomic mass is 10.1. The summed E-state index contributed by atoms with van der Waals surface area (Å²) in [5.74, 6) is 0.283. The van der Waals surface area contributed by atoms with E-state index in [0.29, 0.717) is 23.7 Å². The Balaban J connectivity index is 1.76. The molecule has 1 aromatic heterocycles. The van der Waals surface area contributed by atoms with Crippen LogP contribution >= 0.6 is 0 Å². The average Bonchev–Trinajstić information content (AvgIpc) is 3.36. The predicted octanol–water partition coefficient (Wildman–Crippen LogP) is 4.57. The molecule has 1 heterocycles. The van der Waals surface area contributed by atoms with Gasteiger partial charge in [0.2, 0.25) is 0 Å². The molecule has 8 heteroatoms. The molecule has 1 amide bonds. The van der Waals surface area contributed by atoms with Crippen LogP contribution < -0.4 is 19.9 Å². The number of aromatic nitrogens is 1.